The second kappa shape index (κ2) is 8.67. The zero-order valence-corrected chi connectivity index (χ0v) is 20.1. The number of rotatable bonds is 6. The number of fused-ring (bicyclic) bond motifs is 1. The average molecular weight is 489 g/mol. The lowest BCUT2D eigenvalue weighted by Crippen LogP contribution is -2.22. The predicted octanol–water partition coefficient (Wildman–Crippen LogP) is 4.61. The van der Waals surface area contributed by atoms with Crippen molar-refractivity contribution in [1.82, 2.24) is 14.1 Å². The SMILES string of the molecule is Cc1nn(Cc2ccc(Cl)cc2)c2sc(C(=O)Nc3cccc(S(=O)(=O)N(C)C)c3)cc12. The van der Waals surface area contributed by atoms with Gasteiger partial charge in [-0.1, -0.05) is 29.8 Å². The highest BCUT2D eigenvalue weighted by Crippen LogP contribution is 2.30. The summed E-state index contributed by atoms with van der Waals surface area (Å²) in [5.41, 5.74) is 2.30. The van der Waals surface area contributed by atoms with Gasteiger partial charge in [-0.3, -0.25) is 9.48 Å². The number of hydrogen-bond donors (Lipinski definition) is 1. The molecule has 0 fully saturated rings. The van der Waals surface area contributed by atoms with Gasteiger partial charge in [0.25, 0.3) is 5.91 Å². The van der Waals surface area contributed by atoms with E-state index in [1.807, 2.05) is 41.9 Å². The summed E-state index contributed by atoms with van der Waals surface area (Å²) >= 11 is 7.31. The Bertz CT molecular complexity index is 1410. The molecule has 7 nitrogen and oxygen atoms in total. The molecule has 4 rings (SSSR count). The molecule has 10 heteroatoms. The summed E-state index contributed by atoms with van der Waals surface area (Å²) in [7, 11) is -0.659. The molecule has 0 aliphatic rings. The number of sulfonamides is 1. The molecule has 0 unspecified atom stereocenters. The molecule has 0 spiro atoms. The van der Waals surface area contributed by atoms with Crippen molar-refractivity contribution in [3.8, 4) is 0 Å². The number of thiophene rings is 1. The van der Waals surface area contributed by atoms with Crippen LogP contribution >= 0.6 is 22.9 Å². The fourth-order valence-electron chi connectivity index (χ4n) is 3.23. The van der Waals surface area contributed by atoms with E-state index in [4.69, 9.17) is 11.6 Å². The first kappa shape index (κ1) is 22.5. The van der Waals surface area contributed by atoms with Gasteiger partial charge < -0.3 is 5.32 Å². The van der Waals surface area contributed by atoms with E-state index in [1.54, 1.807) is 12.1 Å². The molecule has 0 radical (unpaired) electrons. The van der Waals surface area contributed by atoms with E-state index in [-0.39, 0.29) is 10.8 Å². The zero-order valence-electron chi connectivity index (χ0n) is 17.7. The molecule has 0 atom stereocenters. The number of hydrogen-bond acceptors (Lipinski definition) is 5. The molecule has 166 valence electrons. The third-order valence-corrected chi connectivity index (χ3v) is 8.16. The maximum Gasteiger partial charge on any atom is 0.265 e. The molecule has 0 aliphatic carbocycles. The number of carbonyl (C=O) groups is 1. The summed E-state index contributed by atoms with van der Waals surface area (Å²) in [5.74, 6) is -0.303. The fourth-order valence-corrected chi connectivity index (χ4v) is 5.36. The van der Waals surface area contributed by atoms with Crippen molar-refractivity contribution < 1.29 is 13.2 Å². The topological polar surface area (TPSA) is 84.3 Å². The van der Waals surface area contributed by atoms with Crippen LogP contribution in [0.2, 0.25) is 5.02 Å². The molecular formula is C22H21ClN4O3S2. The van der Waals surface area contributed by atoms with Crippen molar-refractivity contribution in [3.05, 3.63) is 75.8 Å². The minimum atomic E-state index is -3.59. The van der Waals surface area contributed by atoms with Crippen LogP contribution in [0.25, 0.3) is 10.2 Å². The van der Waals surface area contributed by atoms with Crippen LogP contribution in [0, 0.1) is 6.92 Å². The highest BCUT2D eigenvalue weighted by molar-refractivity contribution is 7.89. The van der Waals surface area contributed by atoms with Gasteiger partial charge in [-0.2, -0.15) is 5.10 Å². The number of nitrogens with zero attached hydrogens (tertiary/aromatic N) is 3. The Kier molecular flexibility index (Phi) is 6.09. The third kappa shape index (κ3) is 4.42. The van der Waals surface area contributed by atoms with E-state index in [0.29, 0.717) is 22.1 Å². The molecular weight excluding hydrogens is 468 g/mol. The van der Waals surface area contributed by atoms with E-state index < -0.39 is 10.0 Å². The van der Waals surface area contributed by atoms with Crippen molar-refractivity contribution in [2.75, 3.05) is 19.4 Å². The van der Waals surface area contributed by atoms with Gasteiger partial charge in [-0.25, -0.2) is 12.7 Å². The first-order valence-electron chi connectivity index (χ1n) is 9.70. The number of benzene rings is 2. The molecule has 1 N–H and O–H groups in total. The Balaban J connectivity index is 1.59. The highest BCUT2D eigenvalue weighted by atomic mass is 35.5. The normalized spacial score (nSPS) is 11.9. The van der Waals surface area contributed by atoms with Gasteiger partial charge in [-0.15, -0.1) is 11.3 Å². The van der Waals surface area contributed by atoms with Crippen LogP contribution in [0.1, 0.15) is 20.9 Å². The summed E-state index contributed by atoms with van der Waals surface area (Å²) in [6.45, 7) is 2.47. The number of anilines is 1. The van der Waals surface area contributed by atoms with E-state index in [2.05, 4.69) is 10.4 Å². The van der Waals surface area contributed by atoms with E-state index in [9.17, 15) is 13.2 Å². The van der Waals surface area contributed by atoms with Crippen LogP contribution in [0.3, 0.4) is 0 Å². The van der Waals surface area contributed by atoms with Gasteiger partial charge in [0.1, 0.15) is 4.83 Å². The van der Waals surface area contributed by atoms with Crippen LogP contribution in [-0.4, -0.2) is 42.5 Å². The van der Waals surface area contributed by atoms with Gasteiger partial charge in [0, 0.05) is 30.2 Å². The van der Waals surface area contributed by atoms with Crippen LogP contribution in [0.5, 0.6) is 0 Å². The minimum absolute atomic E-state index is 0.117. The maximum atomic E-state index is 12.9. The molecule has 2 aromatic carbocycles. The Hall–Kier alpha value is -2.72. The first-order valence-corrected chi connectivity index (χ1v) is 12.3. The lowest BCUT2D eigenvalue weighted by atomic mass is 10.2. The zero-order chi connectivity index (χ0) is 23.0. The van der Waals surface area contributed by atoms with Crippen molar-refractivity contribution in [1.29, 1.82) is 0 Å². The molecule has 0 aliphatic heterocycles. The van der Waals surface area contributed by atoms with Gasteiger partial charge in [-0.05, 0) is 48.9 Å². The van der Waals surface area contributed by atoms with Crippen LogP contribution < -0.4 is 5.32 Å². The Labute approximate surface area is 195 Å². The largest absolute Gasteiger partial charge is 0.321 e. The van der Waals surface area contributed by atoms with Crippen LogP contribution in [-0.2, 0) is 16.6 Å². The molecule has 2 aromatic heterocycles. The van der Waals surface area contributed by atoms with Crippen molar-refractivity contribution >= 4 is 54.8 Å². The van der Waals surface area contributed by atoms with Gasteiger partial charge in [0.05, 0.1) is 22.0 Å². The quantitative estimate of drug-likeness (QED) is 0.429. The number of amides is 1. The van der Waals surface area contributed by atoms with Crippen molar-refractivity contribution in [3.63, 3.8) is 0 Å². The number of aryl methyl sites for hydroxylation is 1. The van der Waals surface area contributed by atoms with E-state index in [1.165, 1.54) is 37.6 Å². The van der Waals surface area contributed by atoms with Gasteiger partial charge >= 0.3 is 0 Å². The number of aromatic nitrogens is 2. The maximum absolute atomic E-state index is 12.9. The molecule has 0 saturated heterocycles. The molecule has 0 bridgehead atoms. The van der Waals surface area contributed by atoms with Crippen LogP contribution in [0.15, 0.2) is 59.5 Å². The number of carbonyl (C=O) groups excluding carboxylic acids is 1. The summed E-state index contributed by atoms with van der Waals surface area (Å²) < 4.78 is 27.7. The molecule has 4 aromatic rings. The second-order valence-corrected chi connectivity index (χ2v) is 11.1. The number of nitrogens with one attached hydrogen (secondary N) is 1. The van der Waals surface area contributed by atoms with Crippen molar-refractivity contribution in [2.45, 2.75) is 18.4 Å². The van der Waals surface area contributed by atoms with Gasteiger partial charge in [0.2, 0.25) is 10.0 Å². The van der Waals surface area contributed by atoms with Crippen molar-refractivity contribution in [2.24, 2.45) is 0 Å². The Morgan fingerprint density at radius 2 is 1.88 bits per heavy atom. The monoisotopic (exact) mass is 488 g/mol. The molecule has 2 heterocycles. The molecule has 32 heavy (non-hydrogen) atoms. The third-order valence-electron chi connectivity index (χ3n) is 4.95. The molecule has 1 amide bonds. The summed E-state index contributed by atoms with van der Waals surface area (Å²) in [5, 5.41) is 8.99. The Morgan fingerprint density at radius 1 is 1.16 bits per heavy atom. The average Bonchev–Trinajstić information content (AvgIpc) is 3.31. The van der Waals surface area contributed by atoms with E-state index >= 15 is 0 Å². The van der Waals surface area contributed by atoms with Gasteiger partial charge in [0.15, 0.2) is 0 Å². The first-order chi connectivity index (χ1) is 15.1. The van der Waals surface area contributed by atoms with Crippen LogP contribution in [0.4, 0.5) is 5.69 Å². The summed E-state index contributed by atoms with van der Waals surface area (Å²) in [6, 6.07) is 15.6. The summed E-state index contributed by atoms with van der Waals surface area (Å²) in [6.07, 6.45) is 0. The minimum Gasteiger partial charge on any atom is -0.321 e. The number of halogens is 1. The smallest absolute Gasteiger partial charge is 0.265 e. The lowest BCUT2D eigenvalue weighted by Gasteiger charge is -2.12. The fraction of sp³-hybridized carbons (Fsp3) is 0.182. The lowest BCUT2D eigenvalue weighted by molar-refractivity contribution is 0.103. The molecule has 0 saturated carbocycles. The standard InChI is InChI=1S/C22H21ClN4O3S2/c1-14-19-12-20(31-22(19)27(25-14)13-15-7-9-16(23)10-8-15)21(28)24-17-5-4-6-18(11-17)32(29,30)26(2)3/h4-12H,13H2,1-3H3,(H,24,28). The Morgan fingerprint density at radius 3 is 2.56 bits per heavy atom. The summed E-state index contributed by atoms with van der Waals surface area (Å²) in [4.78, 5) is 14.4. The van der Waals surface area contributed by atoms with E-state index in [0.717, 1.165) is 25.8 Å². The predicted molar refractivity (Wildman–Crippen MR) is 128 cm³/mol. The second-order valence-electron chi connectivity index (χ2n) is 7.47. The highest BCUT2D eigenvalue weighted by Gasteiger charge is 2.19.